The van der Waals surface area contributed by atoms with E-state index < -0.39 is 0 Å². The summed E-state index contributed by atoms with van der Waals surface area (Å²) in [6, 6.07) is 0. The summed E-state index contributed by atoms with van der Waals surface area (Å²) in [5.41, 5.74) is 0. The van der Waals surface area contributed by atoms with E-state index in [9.17, 15) is 0 Å². The fourth-order valence-electron chi connectivity index (χ4n) is 1.52. The van der Waals surface area contributed by atoms with Crippen molar-refractivity contribution in [3.8, 4) is 0 Å². The van der Waals surface area contributed by atoms with Crippen molar-refractivity contribution < 1.29 is 0 Å². The molecule has 1 N–H and O–H groups in total. The smallest absolute Gasteiger partial charge is 0.0107 e. The molecule has 0 aromatic rings. The lowest BCUT2D eigenvalue weighted by Crippen LogP contribution is -2.35. The number of nitrogens with zero attached hydrogens (tertiary/aromatic N) is 1. The molecule has 1 rings (SSSR count). The molecule has 0 aliphatic carbocycles. The summed E-state index contributed by atoms with van der Waals surface area (Å²) in [4.78, 5) is 2.51. The predicted octanol–water partition coefficient (Wildman–Crippen LogP) is 0.773. The Morgan fingerprint density at radius 3 is 2.55 bits per heavy atom. The first-order valence-electron chi connectivity index (χ1n) is 4.56. The minimum absolute atomic E-state index is 0.605. The van der Waals surface area contributed by atoms with E-state index in [1.54, 1.807) is 0 Å². The van der Waals surface area contributed by atoms with E-state index in [4.69, 9.17) is 6.92 Å². The molecule has 0 amide bonds. The Bertz CT molecular complexity index is 87.6. The highest BCUT2D eigenvalue weighted by Crippen LogP contribution is 2.06. The predicted molar refractivity (Wildman–Crippen MR) is 47.5 cm³/mol. The van der Waals surface area contributed by atoms with E-state index in [1.165, 1.54) is 32.4 Å². The van der Waals surface area contributed by atoms with E-state index >= 15 is 0 Å². The number of hydrogen-bond donors (Lipinski definition) is 1. The lowest BCUT2D eigenvalue weighted by atomic mass is 10.1. The Kier molecular flexibility index (Phi) is 4.55. The first-order chi connectivity index (χ1) is 5.43. The number of rotatable bonds is 4. The highest BCUT2D eigenvalue weighted by molar-refractivity contribution is 4.65. The minimum atomic E-state index is 0.605. The Hall–Kier alpha value is -0.0800. The van der Waals surface area contributed by atoms with Gasteiger partial charge in [0.15, 0.2) is 0 Å². The van der Waals surface area contributed by atoms with Gasteiger partial charge in [0.2, 0.25) is 0 Å². The van der Waals surface area contributed by atoms with Gasteiger partial charge in [-0.05, 0) is 39.4 Å². The van der Waals surface area contributed by atoms with Crippen LogP contribution in [0.1, 0.15) is 19.3 Å². The Morgan fingerprint density at radius 2 is 1.91 bits per heavy atom. The Morgan fingerprint density at radius 1 is 1.18 bits per heavy atom. The lowest BCUT2D eigenvalue weighted by Gasteiger charge is -2.26. The van der Waals surface area contributed by atoms with E-state index in [0.29, 0.717) is 6.54 Å². The van der Waals surface area contributed by atoms with Gasteiger partial charge in [0, 0.05) is 13.1 Å². The number of nitrogens with one attached hydrogen (secondary N) is 1. The van der Waals surface area contributed by atoms with E-state index in [-0.39, 0.29) is 0 Å². The minimum Gasteiger partial charge on any atom is -0.315 e. The van der Waals surface area contributed by atoms with Crippen LogP contribution in [0, 0.1) is 6.92 Å². The molecule has 0 unspecified atom stereocenters. The second-order valence-corrected chi connectivity index (χ2v) is 3.11. The van der Waals surface area contributed by atoms with Gasteiger partial charge in [-0.15, -0.1) is 0 Å². The van der Waals surface area contributed by atoms with Crippen LogP contribution in [0.3, 0.4) is 0 Å². The summed E-state index contributed by atoms with van der Waals surface area (Å²) in [5.74, 6) is 0. The van der Waals surface area contributed by atoms with E-state index in [0.717, 1.165) is 13.1 Å². The first kappa shape index (κ1) is 9.01. The summed E-state index contributed by atoms with van der Waals surface area (Å²) >= 11 is 0. The molecule has 64 valence electrons. The fraction of sp³-hybridized carbons (Fsp3) is 0.889. The van der Waals surface area contributed by atoms with Crippen LogP contribution >= 0.6 is 0 Å². The van der Waals surface area contributed by atoms with Crippen LogP contribution in [0.2, 0.25) is 0 Å². The molecule has 0 aromatic heterocycles. The average molecular weight is 154 g/mol. The molecule has 2 radical (unpaired) electrons. The number of piperidine rings is 1. The van der Waals surface area contributed by atoms with Gasteiger partial charge < -0.3 is 10.2 Å². The van der Waals surface area contributed by atoms with Crippen molar-refractivity contribution in [3.63, 3.8) is 0 Å². The quantitative estimate of drug-likeness (QED) is 0.602. The van der Waals surface area contributed by atoms with E-state index in [1.807, 2.05) is 0 Å². The zero-order valence-electron chi connectivity index (χ0n) is 7.18. The second-order valence-electron chi connectivity index (χ2n) is 3.11. The molecule has 1 heterocycles. The zero-order chi connectivity index (χ0) is 7.94. The topological polar surface area (TPSA) is 15.3 Å². The van der Waals surface area contributed by atoms with Gasteiger partial charge in [0.05, 0.1) is 0 Å². The molecule has 0 bridgehead atoms. The Labute approximate surface area is 70.0 Å². The standard InChI is InChI=1S/C9H18N2/c1-2-10-6-9-11-7-4-3-5-8-11/h1,10H,2-9H2. The van der Waals surface area contributed by atoms with Crippen LogP contribution in [0.5, 0.6) is 0 Å². The summed E-state index contributed by atoms with van der Waals surface area (Å²) in [5, 5.41) is 3.13. The van der Waals surface area contributed by atoms with Gasteiger partial charge in [-0.25, -0.2) is 0 Å². The van der Waals surface area contributed by atoms with Gasteiger partial charge in [-0.2, -0.15) is 0 Å². The van der Waals surface area contributed by atoms with Crippen molar-refractivity contribution in [3.05, 3.63) is 6.92 Å². The van der Waals surface area contributed by atoms with Gasteiger partial charge in [0.25, 0.3) is 0 Å². The zero-order valence-corrected chi connectivity index (χ0v) is 7.18. The van der Waals surface area contributed by atoms with Crippen molar-refractivity contribution in [1.29, 1.82) is 0 Å². The molecule has 2 nitrogen and oxygen atoms in total. The lowest BCUT2D eigenvalue weighted by molar-refractivity contribution is 0.230. The van der Waals surface area contributed by atoms with Gasteiger partial charge in [0.1, 0.15) is 0 Å². The molecule has 0 atom stereocenters. The summed E-state index contributed by atoms with van der Waals surface area (Å²) in [7, 11) is 0. The summed E-state index contributed by atoms with van der Waals surface area (Å²) in [6.07, 6.45) is 4.17. The van der Waals surface area contributed by atoms with Crippen LogP contribution in [0.4, 0.5) is 0 Å². The third-order valence-corrected chi connectivity index (χ3v) is 2.20. The van der Waals surface area contributed by atoms with E-state index in [2.05, 4.69) is 10.2 Å². The molecular weight excluding hydrogens is 136 g/mol. The third kappa shape index (κ3) is 3.73. The van der Waals surface area contributed by atoms with Crippen LogP contribution in [-0.2, 0) is 0 Å². The maximum absolute atomic E-state index is 5.31. The summed E-state index contributed by atoms with van der Waals surface area (Å²) < 4.78 is 0. The molecule has 1 aliphatic heterocycles. The number of likely N-dealkylation sites (tertiary alicyclic amines) is 1. The van der Waals surface area contributed by atoms with Crippen LogP contribution < -0.4 is 5.32 Å². The van der Waals surface area contributed by atoms with Crippen molar-refractivity contribution in [2.24, 2.45) is 0 Å². The van der Waals surface area contributed by atoms with Crippen molar-refractivity contribution in [1.82, 2.24) is 10.2 Å². The molecule has 2 heteroatoms. The van der Waals surface area contributed by atoms with Crippen molar-refractivity contribution in [2.75, 3.05) is 32.7 Å². The molecule has 0 spiro atoms. The molecule has 1 aliphatic rings. The monoisotopic (exact) mass is 154 g/mol. The average Bonchev–Trinajstić information content (AvgIpc) is 2.07. The molecule has 0 aromatic carbocycles. The van der Waals surface area contributed by atoms with Gasteiger partial charge in [-0.3, -0.25) is 0 Å². The summed E-state index contributed by atoms with van der Waals surface area (Å²) in [6.45, 7) is 10.7. The van der Waals surface area contributed by atoms with Crippen LogP contribution in [-0.4, -0.2) is 37.6 Å². The fourth-order valence-corrected chi connectivity index (χ4v) is 1.52. The van der Waals surface area contributed by atoms with Crippen LogP contribution in [0.15, 0.2) is 0 Å². The second kappa shape index (κ2) is 5.56. The van der Waals surface area contributed by atoms with Gasteiger partial charge in [-0.1, -0.05) is 6.42 Å². The molecule has 1 saturated heterocycles. The molecule has 11 heavy (non-hydrogen) atoms. The van der Waals surface area contributed by atoms with Crippen molar-refractivity contribution in [2.45, 2.75) is 19.3 Å². The third-order valence-electron chi connectivity index (χ3n) is 2.20. The maximum Gasteiger partial charge on any atom is 0.0107 e. The maximum atomic E-state index is 5.31. The molecular formula is C9H18N2. The first-order valence-corrected chi connectivity index (χ1v) is 4.56. The Balaban J connectivity index is 1.96. The largest absolute Gasteiger partial charge is 0.315 e. The molecule has 0 saturated carbocycles. The van der Waals surface area contributed by atoms with Crippen molar-refractivity contribution >= 4 is 0 Å². The van der Waals surface area contributed by atoms with Crippen LogP contribution in [0.25, 0.3) is 0 Å². The highest BCUT2D eigenvalue weighted by Gasteiger charge is 2.07. The highest BCUT2D eigenvalue weighted by atomic mass is 15.1. The SMILES string of the molecule is [CH]CNCCN1CCCCC1. The normalized spacial score (nSPS) is 20.5. The van der Waals surface area contributed by atoms with Gasteiger partial charge >= 0.3 is 0 Å². The molecule has 1 fully saturated rings. The number of hydrogen-bond acceptors (Lipinski definition) is 2.